The highest BCUT2D eigenvalue weighted by atomic mass is 14.9. The molecule has 94 valence electrons. The van der Waals surface area contributed by atoms with Crippen LogP contribution in [-0.4, -0.2) is 17.0 Å². The molecule has 2 aromatic rings. The minimum absolute atomic E-state index is 0.415. The Kier molecular flexibility index (Phi) is 3.60. The Hall–Kier alpha value is -1.90. The average Bonchev–Trinajstić information content (AvgIpc) is 2.38. The molecule has 0 unspecified atom stereocenters. The number of nitrogens with zero attached hydrogens (tertiary/aromatic N) is 2. The summed E-state index contributed by atoms with van der Waals surface area (Å²) in [6.07, 6.45) is 0. The molecule has 0 saturated carbocycles. The predicted molar refractivity (Wildman–Crippen MR) is 75.8 cm³/mol. The van der Waals surface area contributed by atoms with E-state index in [4.69, 9.17) is 0 Å². The molecule has 0 fully saturated rings. The van der Waals surface area contributed by atoms with Gasteiger partial charge in [-0.25, -0.2) is 9.97 Å². The molecule has 0 radical (unpaired) electrons. The van der Waals surface area contributed by atoms with Crippen molar-refractivity contribution in [2.75, 3.05) is 12.4 Å². The van der Waals surface area contributed by atoms with Gasteiger partial charge < -0.3 is 5.32 Å². The van der Waals surface area contributed by atoms with Gasteiger partial charge in [0.25, 0.3) is 0 Å². The Morgan fingerprint density at radius 3 is 2.56 bits per heavy atom. The summed E-state index contributed by atoms with van der Waals surface area (Å²) in [4.78, 5) is 9.16. The fourth-order valence-corrected chi connectivity index (χ4v) is 1.83. The number of aryl methyl sites for hydroxylation is 1. The van der Waals surface area contributed by atoms with Crippen molar-refractivity contribution in [3.63, 3.8) is 0 Å². The molecule has 0 aliphatic heterocycles. The third kappa shape index (κ3) is 2.67. The summed E-state index contributed by atoms with van der Waals surface area (Å²) in [7, 11) is 1.91. The first-order chi connectivity index (χ1) is 8.60. The number of nitrogens with one attached hydrogen (secondary N) is 1. The number of anilines is 1. The van der Waals surface area contributed by atoms with E-state index in [1.807, 2.05) is 32.2 Å². The van der Waals surface area contributed by atoms with E-state index in [2.05, 4.69) is 41.3 Å². The third-order valence-corrected chi connectivity index (χ3v) is 2.88. The van der Waals surface area contributed by atoms with E-state index in [1.54, 1.807) is 0 Å². The van der Waals surface area contributed by atoms with Crippen molar-refractivity contribution < 1.29 is 0 Å². The quantitative estimate of drug-likeness (QED) is 0.892. The number of benzene rings is 1. The van der Waals surface area contributed by atoms with Crippen LogP contribution in [0.5, 0.6) is 0 Å². The highest BCUT2D eigenvalue weighted by Crippen LogP contribution is 2.22. The van der Waals surface area contributed by atoms with Gasteiger partial charge in [0.15, 0.2) is 5.82 Å². The van der Waals surface area contributed by atoms with E-state index in [-0.39, 0.29) is 0 Å². The second-order valence-electron chi connectivity index (χ2n) is 4.74. The molecule has 0 aliphatic rings. The van der Waals surface area contributed by atoms with Crippen LogP contribution in [0.15, 0.2) is 30.3 Å². The highest BCUT2D eigenvalue weighted by Gasteiger charge is 2.08. The van der Waals surface area contributed by atoms with E-state index < -0.39 is 0 Å². The maximum atomic E-state index is 4.64. The summed E-state index contributed by atoms with van der Waals surface area (Å²) in [6.45, 7) is 6.31. The minimum atomic E-state index is 0.415. The van der Waals surface area contributed by atoms with Crippen LogP contribution < -0.4 is 5.32 Å². The smallest absolute Gasteiger partial charge is 0.159 e. The van der Waals surface area contributed by atoms with Crippen molar-refractivity contribution in [2.24, 2.45) is 0 Å². The van der Waals surface area contributed by atoms with E-state index in [0.717, 1.165) is 28.5 Å². The van der Waals surface area contributed by atoms with Gasteiger partial charge >= 0.3 is 0 Å². The Balaban J connectivity index is 2.49. The number of aromatic nitrogens is 2. The zero-order valence-corrected chi connectivity index (χ0v) is 11.4. The van der Waals surface area contributed by atoms with Crippen LogP contribution in [0.2, 0.25) is 0 Å². The minimum Gasteiger partial charge on any atom is -0.388 e. The maximum Gasteiger partial charge on any atom is 0.159 e. The van der Waals surface area contributed by atoms with E-state index in [1.165, 1.54) is 0 Å². The maximum absolute atomic E-state index is 4.64. The van der Waals surface area contributed by atoms with Gasteiger partial charge in [-0.3, -0.25) is 0 Å². The van der Waals surface area contributed by atoms with E-state index in [0.29, 0.717) is 5.92 Å². The standard InChI is InChI=1S/C15H19N3/c1-10(2)14-8-11(3)17-15(18-14)12-6-5-7-13(9-12)16-4/h5-10,16H,1-4H3. The normalized spacial score (nSPS) is 10.7. The molecule has 0 aliphatic carbocycles. The van der Waals surface area contributed by atoms with E-state index >= 15 is 0 Å². The van der Waals surface area contributed by atoms with Gasteiger partial charge in [0.05, 0.1) is 0 Å². The van der Waals surface area contributed by atoms with Crippen molar-refractivity contribution >= 4 is 5.69 Å². The summed E-state index contributed by atoms with van der Waals surface area (Å²) in [6, 6.07) is 10.2. The summed E-state index contributed by atoms with van der Waals surface area (Å²) < 4.78 is 0. The number of hydrogen-bond donors (Lipinski definition) is 1. The van der Waals surface area contributed by atoms with Gasteiger partial charge in [-0.05, 0) is 31.0 Å². The molecule has 1 N–H and O–H groups in total. The molecule has 3 heteroatoms. The molecule has 1 heterocycles. The van der Waals surface area contributed by atoms with Crippen molar-refractivity contribution in [3.05, 3.63) is 41.7 Å². The highest BCUT2D eigenvalue weighted by molar-refractivity contribution is 5.62. The molecule has 0 atom stereocenters. The fraction of sp³-hybridized carbons (Fsp3) is 0.333. The van der Waals surface area contributed by atoms with Crippen LogP contribution in [0, 0.1) is 6.92 Å². The number of hydrogen-bond acceptors (Lipinski definition) is 3. The van der Waals surface area contributed by atoms with Crippen molar-refractivity contribution in [1.29, 1.82) is 0 Å². The summed E-state index contributed by atoms with van der Waals surface area (Å²) >= 11 is 0. The third-order valence-electron chi connectivity index (χ3n) is 2.88. The van der Waals surface area contributed by atoms with Crippen molar-refractivity contribution in [2.45, 2.75) is 26.7 Å². The monoisotopic (exact) mass is 241 g/mol. The van der Waals surface area contributed by atoms with Crippen LogP contribution in [-0.2, 0) is 0 Å². The largest absolute Gasteiger partial charge is 0.388 e. The van der Waals surface area contributed by atoms with Gasteiger partial charge in [-0.15, -0.1) is 0 Å². The molecule has 0 saturated heterocycles. The van der Waals surface area contributed by atoms with Crippen LogP contribution >= 0.6 is 0 Å². The first kappa shape index (κ1) is 12.6. The van der Waals surface area contributed by atoms with Gasteiger partial charge in [0, 0.05) is 29.7 Å². The lowest BCUT2D eigenvalue weighted by atomic mass is 10.1. The van der Waals surface area contributed by atoms with Gasteiger partial charge in [0.1, 0.15) is 0 Å². The Morgan fingerprint density at radius 2 is 1.89 bits per heavy atom. The number of rotatable bonds is 3. The lowest BCUT2D eigenvalue weighted by Crippen LogP contribution is -2.00. The van der Waals surface area contributed by atoms with Crippen molar-refractivity contribution in [1.82, 2.24) is 9.97 Å². The molecular formula is C15H19N3. The lowest BCUT2D eigenvalue weighted by molar-refractivity contribution is 0.812. The lowest BCUT2D eigenvalue weighted by Gasteiger charge is -2.09. The summed E-state index contributed by atoms with van der Waals surface area (Å²) in [5.41, 5.74) is 4.22. The second kappa shape index (κ2) is 5.17. The zero-order chi connectivity index (χ0) is 13.1. The molecular weight excluding hydrogens is 222 g/mol. The van der Waals surface area contributed by atoms with Crippen LogP contribution in [0.25, 0.3) is 11.4 Å². The average molecular weight is 241 g/mol. The molecule has 0 amide bonds. The summed E-state index contributed by atoms with van der Waals surface area (Å²) in [5.74, 6) is 1.22. The first-order valence-electron chi connectivity index (χ1n) is 6.24. The Morgan fingerprint density at radius 1 is 1.11 bits per heavy atom. The van der Waals surface area contributed by atoms with E-state index in [9.17, 15) is 0 Å². The van der Waals surface area contributed by atoms with Crippen LogP contribution in [0.4, 0.5) is 5.69 Å². The van der Waals surface area contributed by atoms with Crippen LogP contribution in [0.1, 0.15) is 31.2 Å². The first-order valence-corrected chi connectivity index (χ1v) is 6.24. The predicted octanol–water partition coefficient (Wildman–Crippen LogP) is 3.62. The topological polar surface area (TPSA) is 37.8 Å². The van der Waals surface area contributed by atoms with Crippen molar-refractivity contribution in [3.8, 4) is 11.4 Å². The molecule has 1 aromatic carbocycles. The SMILES string of the molecule is CNc1cccc(-c2nc(C)cc(C(C)C)n2)c1. The summed E-state index contributed by atoms with van der Waals surface area (Å²) in [5, 5.41) is 3.13. The van der Waals surface area contributed by atoms with Gasteiger partial charge in [0.2, 0.25) is 0 Å². The van der Waals surface area contributed by atoms with Gasteiger partial charge in [-0.1, -0.05) is 26.0 Å². The molecule has 1 aromatic heterocycles. The fourth-order valence-electron chi connectivity index (χ4n) is 1.83. The van der Waals surface area contributed by atoms with Crippen LogP contribution in [0.3, 0.4) is 0 Å². The molecule has 0 bridgehead atoms. The second-order valence-corrected chi connectivity index (χ2v) is 4.74. The Labute approximate surface area is 108 Å². The van der Waals surface area contributed by atoms with Gasteiger partial charge in [-0.2, -0.15) is 0 Å². The Bertz CT molecular complexity index is 547. The zero-order valence-electron chi connectivity index (χ0n) is 11.4. The molecule has 3 nitrogen and oxygen atoms in total. The molecule has 18 heavy (non-hydrogen) atoms. The molecule has 2 rings (SSSR count). The molecule has 0 spiro atoms.